The predicted molar refractivity (Wildman–Crippen MR) is 53.1 cm³/mol. The van der Waals surface area contributed by atoms with Crippen molar-refractivity contribution in [1.29, 1.82) is 0 Å². The van der Waals surface area contributed by atoms with Gasteiger partial charge in [-0.2, -0.15) is 0 Å². The summed E-state index contributed by atoms with van der Waals surface area (Å²) in [6, 6.07) is 8.53. The standard InChI is InChI=1S/C11H10NO2/c1-8-6-12(7-11(13)14)10-5-3-2-4-9(8)10/h3-6H,7H2,1H3,(H,13,14). The summed E-state index contributed by atoms with van der Waals surface area (Å²) in [5.41, 5.74) is 2.03. The predicted octanol–water partition coefficient (Wildman–Crippen LogP) is 1.83. The molecule has 0 aliphatic carbocycles. The van der Waals surface area contributed by atoms with Crippen molar-refractivity contribution in [3.63, 3.8) is 0 Å². The summed E-state index contributed by atoms with van der Waals surface area (Å²) < 4.78 is 1.74. The van der Waals surface area contributed by atoms with E-state index in [0.29, 0.717) is 0 Å². The van der Waals surface area contributed by atoms with E-state index < -0.39 is 5.97 Å². The second-order valence-corrected chi connectivity index (χ2v) is 3.28. The van der Waals surface area contributed by atoms with Crippen molar-refractivity contribution < 1.29 is 9.90 Å². The Kier molecular flexibility index (Phi) is 2.00. The Labute approximate surface area is 81.6 Å². The van der Waals surface area contributed by atoms with Gasteiger partial charge in [-0.05, 0) is 30.7 Å². The number of aryl methyl sites for hydroxylation is 1. The van der Waals surface area contributed by atoms with Crippen LogP contribution in [0, 0.1) is 13.0 Å². The molecule has 0 aliphatic rings. The lowest BCUT2D eigenvalue weighted by molar-refractivity contribution is -0.137. The van der Waals surface area contributed by atoms with Gasteiger partial charge in [0.2, 0.25) is 0 Å². The first-order valence-electron chi connectivity index (χ1n) is 4.36. The van der Waals surface area contributed by atoms with E-state index in [0.717, 1.165) is 16.5 Å². The summed E-state index contributed by atoms with van der Waals surface area (Å²) in [5, 5.41) is 9.77. The average Bonchev–Trinajstić information content (AvgIpc) is 2.44. The summed E-state index contributed by atoms with van der Waals surface area (Å²) in [7, 11) is 0. The smallest absolute Gasteiger partial charge is 0.323 e. The second-order valence-electron chi connectivity index (χ2n) is 3.28. The Bertz CT molecular complexity index is 485. The number of carbonyl (C=O) groups is 1. The van der Waals surface area contributed by atoms with Crippen LogP contribution in [0.3, 0.4) is 0 Å². The molecule has 3 heteroatoms. The number of fused-ring (bicyclic) bond motifs is 1. The van der Waals surface area contributed by atoms with E-state index in [1.807, 2.05) is 25.3 Å². The number of hydrogen-bond donors (Lipinski definition) is 1. The maximum atomic E-state index is 10.6. The largest absolute Gasteiger partial charge is 0.480 e. The van der Waals surface area contributed by atoms with Crippen LogP contribution in [0.4, 0.5) is 0 Å². The number of hydrogen-bond acceptors (Lipinski definition) is 1. The molecule has 0 aliphatic heterocycles. The molecule has 0 amide bonds. The fraction of sp³-hybridized carbons (Fsp3) is 0.182. The average molecular weight is 188 g/mol. The van der Waals surface area contributed by atoms with Gasteiger partial charge in [0.05, 0.1) is 0 Å². The molecular formula is C11H10NO2. The number of benzene rings is 1. The highest BCUT2D eigenvalue weighted by Crippen LogP contribution is 2.19. The SMILES string of the molecule is Cc1cn(CC(=O)O)c2cc[c]cc12. The van der Waals surface area contributed by atoms with Crippen molar-refractivity contribution in [1.82, 2.24) is 4.57 Å². The molecule has 71 valence electrons. The van der Waals surface area contributed by atoms with Gasteiger partial charge in [0.1, 0.15) is 6.54 Å². The highest BCUT2D eigenvalue weighted by atomic mass is 16.4. The van der Waals surface area contributed by atoms with Crippen LogP contribution in [0.15, 0.2) is 24.4 Å². The van der Waals surface area contributed by atoms with E-state index in [-0.39, 0.29) is 6.54 Å². The Morgan fingerprint density at radius 2 is 2.43 bits per heavy atom. The van der Waals surface area contributed by atoms with Crippen LogP contribution in [0.2, 0.25) is 0 Å². The number of carboxylic acids is 1. The third-order valence-corrected chi connectivity index (χ3v) is 2.23. The van der Waals surface area contributed by atoms with Crippen molar-refractivity contribution >= 4 is 16.9 Å². The molecule has 0 bridgehead atoms. The summed E-state index contributed by atoms with van der Waals surface area (Å²) in [4.78, 5) is 10.6. The maximum Gasteiger partial charge on any atom is 0.323 e. The fourth-order valence-electron chi connectivity index (χ4n) is 1.64. The van der Waals surface area contributed by atoms with Gasteiger partial charge >= 0.3 is 5.97 Å². The topological polar surface area (TPSA) is 42.2 Å². The van der Waals surface area contributed by atoms with Gasteiger partial charge < -0.3 is 9.67 Å². The fourth-order valence-corrected chi connectivity index (χ4v) is 1.64. The molecule has 1 aromatic heterocycles. The van der Waals surface area contributed by atoms with Crippen LogP contribution in [0.5, 0.6) is 0 Å². The first kappa shape index (κ1) is 8.81. The molecule has 2 rings (SSSR count). The number of rotatable bonds is 2. The highest BCUT2D eigenvalue weighted by molar-refractivity contribution is 5.84. The van der Waals surface area contributed by atoms with Crippen molar-refractivity contribution in [2.75, 3.05) is 0 Å². The molecule has 0 atom stereocenters. The van der Waals surface area contributed by atoms with Crippen molar-refractivity contribution in [3.8, 4) is 0 Å². The molecule has 1 N–H and O–H groups in total. The minimum absolute atomic E-state index is 0.00829. The second kappa shape index (κ2) is 3.18. The zero-order chi connectivity index (χ0) is 10.1. The molecule has 0 spiro atoms. The molecule has 1 aromatic carbocycles. The van der Waals surface area contributed by atoms with E-state index in [1.165, 1.54) is 0 Å². The monoisotopic (exact) mass is 188 g/mol. The number of nitrogens with zero attached hydrogens (tertiary/aromatic N) is 1. The van der Waals surface area contributed by atoms with Gasteiger partial charge in [-0.3, -0.25) is 4.79 Å². The van der Waals surface area contributed by atoms with Gasteiger partial charge in [-0.15, -0.1) is 0 Å². The van der Waals surface area contributed by atoms with Crippen LogP contribution >= 0.6 is 0 Å². The lowest BCUT2D eigenvalue weighted by Gasteiger charge is -1.99. The third kappa shape index (κ3) is 1.37. The maximum absolute atomic E-state index is 10.6. The van der Waals surface area contributed by atoms with Crippen LogP contribution in [-0.2, 0) is 11.3 Å². The zero-order valence-corrected chi connectivity index (χ0v) is 7.82. The Morgan fingerprint density at radius 1 is 1.64 bits per heavy atom. The minimum atomic E-state index is -0.824. The van der Waals surface area contributed by atoms with E-state index in [4.69, 9.17) is 5.11 Å². The van der Waals surface area contributed by atoms with Gasteiger partial charge in [0, 0.05) is 17.1 Å². The third-order valence-electron chi connectivity index (χ3n) is 2.23. The molecule has 0 unspecified atom stereocenters. The molecule has 14 heavy (non-hydrogen) atoms. The number of carboxylic acid groups (broad SMARTS) is 1. The molecule has 1 heterocycles. The first-order chi connectivity index (χ1) is 6.68. The number of aliphatic carboxylic acids is 1. The Morgan fingerprint density at radius 3 is 3.14 bits per heavy atom. The minimum Gasteiger partial charge on any atom is -0.480 e. The summed E-state index contributed by atoms with van der Waals surface area (Å²) in [5.74, 6) is -0.824. The molecule has 0 fully saturated rings. The van der Waals surface area contributed by atoms with Crippen LogP contribution in [0.1, 0.15) is 5.56 Å². The summed E-state index contributed by atoms with van der Waals surface area (Å²) in [6.07, 6.45) is 1.85. The van der Waals surface area contributed by atoms with Gasteiger partial charge in [-0.25, -0.2) is 0 Å². The van der Waals surface area contributed by atoms with Crippen molar-refractivity contribution in [3.05, 3.63) is 36.0 Å². The molecule has 0 saturated heterocycles. The Balaban J connectivity index is 2.60. The molecule has 3 nitrogen and oxygen atoms in total. The molecular weight excluding hydrogens is 178 g/mol. The first-order valence-corrected chi connectivity index (χ1v) is 4.36. The molecule has 2 aromatic rings. The normalized spacial score (nSPS) is 10.6. The van der Waals surface area contributed by atoms with Crippen LogP contribution in [0.25, 0.3) is 10.9 Å². The van der Waals surface area contributed by atoms with Crippen LogP contribution < -0.4 is 0 Å². The van der Waals surface area contributed by atoms with Crippen molar-refractivity contribution in [2.24, 2.45) is 0 Å². The van der Waals surface area contributed by atoms with Gasteiger partial charge in [0.25, 0.3) is 0 Å². The zero-order valence-electron chi connectivity index (χ0n) is 7.82. The molecule has 0 saturated carbocycles. The Hall–Kier alpha value is -1.77. The van der Waals surface area contributed by atoms with E-state index in [9.17, 15) is 4.79 Å². The van der Waals surface area contributed by atoms with Gasteiger partial charge in [0.15, 0.2) is 0 Å². The van der Waals surface area contributed by atoms with E-state index >= 15 is 0 Å². The van der Waals surface area contributed by atoms with Crippen LogP contribution in [-0.4, -0.2) is 15.6 Å². The quantitative estimate of drug-likeness (QED) is 0.781. The molecule has 1 radical (unpaired) electrons. The van der Waals surface area contributed by atoms with Crippen molar-refractivity contribution in [2.45, 2.75) is 13.5 Å². The van der Waals surface area contributed by atoms with E-state index in [1.54, 1.807) is 10.6 Å². The lowest BCUT2D eigenvalue weighted by Crippen LogP contribution is -2.07. The summed E-state index contributed by atoms with van der Waals surface area (Å²) in [6.45, 7) is 1.98. The number of aromatic nitrogens is 1. The highest BCUT2D eigenvalue weighted by Gasteiger charge is 2.06. The van der Waals surface area contributed by atoms with E-state index in [2.05, 4.69) is 6.07 Å². The van der Waals surface area contributed by atoms with Gasteiger partial charge in [-0.1, -0.05) is 6.07 Å². The lowest BCUT2D eigenvalue weighted by atomic mass is 10.2. The summed E-state index contributed by atoms with van der Waals surface area (Å²) >= 11 is 0.